The zero-order chi connectivity index (χ0) is 9.26. The summed E-state index contributed by atoms with van der Waals surface area (Å²) in [6.07, 6.45) is 2.17. The topological polar surface area (TPSA) is 62.9 Å². The molecular formula is C8H16N4O. The van der Waals surface area contributed by atoms with E-state index in [9.17, 15) is 0 Å². The molecule has 2 aliphatic rings. The van der Waals surface area contributed by atoms with E-state index in [1.165, 1.54) is 0 Å². The van der Waals surface area contributed by atoms with Crippen molar-refractivity contribution < 1.29 is 4.84 Å². The number of guanidine groups is 1. The highest BCUT2D eigenvalue weighted by molar-refractivity contribution is 5.80. The lowest BCUT2D eigenvalue weighted by molar-refractivity contribution is 0.0459. The molecule has 0 spiro atoms. The molecule has 0 aromatic rings. The highest BCUT2D eigenvalue weighted by Crippen LogP contribution is 2.11. The zero-order valence-electron chi connectivity index (χ0n) is 7.86. The largest absolute Gasteiger partial charge is 0.340 e. The van der Waals surface area contributed by atoms with Gasteiger partial charge in [-0.1, -0.05) is 0 Å². The quantitative estimate of drug-likeness (QED) is 0.540. The lowest BCUT2D eigenvalue weighted by atomic mass is 10.1. The number of aliphatic imine (C=N–C) groups is 1. The molecular weight excluding hydrogens is 168 g/mol. The average Bonchev–Trinajstić information content (AvgIpc) is 2.52. The standard InChI is InChI=1S/C8H16N4O/c1-6-10-8(11-13-6)12-4-2-3-7(9)5-12/h6-7H,2-5,9H2,1H3,(H,10,11). The predicted molar refractivity (Wildman–Crippen MR) is 49.9 cm³/mol. The number of piperidine rings is 1. The Bertz CT molecular complexity index is 218. The van der Waals surface area contributed by atoms with Gasteiger partial charge in [-0.25, -0.2) is 15.3 Å². The Hall–Kier alpha value is -0.810. The van der Waals surface area contributed by atoms with E-state index in [0.29, 0.717) is 0 Å². The molecule has 5 nitrogen and oxygen atoms in total. The Morgan fingerprint density at radius 2 is 2.54 bits per heavy atom. The Morgan fingerprint density at radius 1 is 1.69 bits per heavy atom. The van der Waals surface area contributed by atoms with Crippen molar-refractivity contribution in [1.82, 2.24) is 10.4 Å². The highest BCUT2D eigenvalue weighted by Gasteiger charge is 2.23. The molecule has 0 bridgehead atoms. The van der Waals surface area contributed by atoms with Crippen LogP contribution in [0.4, 0.5) is 0 Å². The van der Waals surface area contributed by atoms with Crippen LogP contribution in [0.3, 0.4) is 0 Å². The molecule has 0 radical (unpaired) electrons. The predicted octanol–water partition coefficient (Wildman–Crippen LogP) is -0.354. The summed E-state index contributed by atoms with van der Waals surface area (Å²) in [6.45, 7) is 3.81. The smallest absolute Gasteiger partial charge is 0.221 e. The van der Waals surface area contributed by atoms with Crippen molar-refractivity contribution in [1.29, 1.82) is 0 Å². The fourth-order valence-electron chi connectivity index (χ4n) is 1.71. The molecule has 2 heterocycles. The van der Waals surface area contributed by atoms with Crippen LogP contribution in [0.1, 0.15) is 19.8 Å². The second-order valence-corrected chi connectivity index (χ2v) is 3.62. The minimum Gasteiger partial charge on any atom is -0.340 e. The van der Waals surface area contributed by atoms with Gasteiger partial charge >= 0.3 is 0 Å². The second kappa shape index (κ2) is 3.51. The minimum atomic E-state index is -0.0758. The monoisotopic (exact) mass is 184 g/mol. The SMILES string of the molecule is CC1N=C(N2CCCC(N)C2)NO1. The van der Waals surface area contributed by atoms with Crippen LogP contribution in [0.15, 0.2) is 4.99 Å². The number of hydrogen-bond donors (Lipinski definition) is 2. The summed E-state index contributed by atoms with van der Waals surface area (Å²) in [5, 5.41) is 0. The molecule has 1 fully saturated rings. The number of hydroxylamine groups is 1. The van der Waals surface area contributed by atoms with Crippen molar-refractivity contribution in [3.8, 4) is 0 Å². The van der Waals surface area contributed by atoms with E-state index in [2.05, 4.69) is 15.4 Å². The third-order valence-electron chi connectivity index (χ3n) is 2.38. The Morgan fingerprint density at radius 3 is 3.15 bits per heavy atom. The highest BCUT2D eigenvalue weighted by atomic mass is 16.7. The van der Waals surface area contributed by atoms with Crippen LogP contribution in [0, 0.1) is 0 Å². The molecule has 0 saturated carbocycles. The zero-order valence-corrected chi connectivity index (χ0v) is 7.86. The lowest BCUT2D eigenvalue weighted by Gasteiger charge is -2.31. The van der Waals surface area contributed by atoms with Gasteiger partial charge in [-0.15, -0.1) is 0 Å². The van der Waals surface area contributed by atoms with Crippen molar-refractivity contribution >= 4 is 5.96 Å². The Labute approximate surface area is 77.9 Å². The summed E-state index contributed by atoms with van der Waals surface area (Å²) < 4.78 is 0. The summed E-state index contributed by atoms with van der Waals surface area (Å²) >= 11 is 0. The van der Waals surface area contributed by atoms with E-state index in [1.807, 2.05) is 6.92 Å². The van der Waals surface area contributed by atoms with Gasteiger partial charge in [-0.05, 0) is 19.8 Å². The molecule has 0 aromatic heterocycles. The maximum atomic E-state index is 5.86. The number of nitrogens with two attached hydrogens (primary N) is 1. The van der Waals surface area contributed by atoms with Gasteiger partial charge in [-0.3, -0.25) is 0 Å². The van der Waals surface area contributed by atoms with Crippen molar-refractivity contribution in [2.45, 2.75) is 32.0 Å². The van der Waals surface area contributed by atoms with Crippen LogP contribution in [0.25, 0.3) is 0 Å². The van der Waals surface area contributed by atoms with Crippen molar-refractivity contribution in [2.75, 3.05) is 13.1 Å². The molecule has 2 unspecified atom stereocenters. The van der Waals surface area contributed by atoms with Gasteiger partial charge in [0.25, 0.3) is 0 Å². The van der Waals surface area contributed by atoms with Crippen molar-refractivity contribution in [3.63, 3.8) is 0 Å². The van der Waals surface area contributed by atoms with Crippen LogP contribution >= 0.6 is 0 Å². The number of likely N-dealkylation sites (tertiary alicyclic amines) is 1. The van der Waals surface area contributed by atoms with Crippen LogP contribution < -0.4 is 11.2 Å². The normalized spacial score (nSPS) is 34.3. The van der Waals surface area contributed by atoms with Gasteiger partial charge in [0, 0.05) is 19.1 Å². The number of rotatable bonds is 0. The molecule has 1 saturated heterocycles. The molecule has 74 valence electrons. The molecule has 0 aliphatic carbocycles. The molecule has 3 N–H and O–H groups in total. The van der Waals surface area contributed by atoms with Gasteiger partial charge in [0.05, 0.1) is 0 Å². The van der Waals surface area contributed by atoms with Gasteiger partial charge in [-0.2, -0.15) is 0 Å². The third kappa shape index (κ3) is 1.92. The van der Waals surface area contributed by atoms with Crippen LogP contribution in [-0.2, 0) is 4.84 Å². The van der Waals surface area contributed by atoms with E-state index in [1.54, 1.807) is 0 Å². The first-order valence-electron chi connectivity index (χ1n) is 4.75. The maximum absolute atomic E-state index is 5.86. The Balaban J connectivity index is 1.96. The van der Waals surface area contributed by atoms with Crippen molar-refractivity contribution in [3.05, 3.63) is 0 Å². The molecule has 2 rings (SSSR count). The van der Waals surface area contributed by atoms with E-state index in [4.69, 9.17) is 10.6 Å². The third-order valence-corrected chi connectivity index (χ3v) is 2.38. The summed E-state index contributed by atoms with van der Waals surface area (Å²) in [4.78, 5) is 11.6. The lowest BCUT2D eigenvalue weighted by Crippen LogP contribution is -2.48. The molecule has 5 heteroatoms. The average molecular weight is 184 g/mol. The summed E-state index contributed by atoms with van der Waals surface area (Å²) in [5.41, 5.74) is 8.68. The van der Waals surface area contributed by atoms with Gasteiger partial charge in [0.2, 0.25) is 5.96 Å². The summed E-state index contributed by atoms with van der Waals surface area (Å²) in [5.74, 6) is 0.836. The van der Waals surface area contributed by atoms with Crippen LogP contribution in [0.5, 0.6) is 0 Å². The fraction of sp³-hybridized carbons (Fsp3) is 0.875. The van der Waals surface area contributed by atoms with Crippen LogP contribution in [-0.4, -0.2) is 36.2 Å². The maximum Gasteiger partial charge on any atom is 0.221 e. The van der Waals surface area contributed by atoms with Crippen LogP contribution in [0.2, 0.25) is 0 Å². The fourth-order valence-corrected chi connectivity index (χ4v) is 1.71. The van der Waals surface area contributed by atoms with Gasteiger partial charge in [0.15, 0.2) is 6.23 Å². The first-order chi connectivity index (χ1) is 6.25. The molecule has 2 atom stereocenters. The summed E-state index contributed by atoms with van der Waals surface area (Å²) in [6, 6.07) is 0.272. The number of nitrogens with zero attached hydrogens (tertiary/aromatic N) is 2. The first-order valence-corrected chi connectivity index (χ1v) is 4.75. The van der Waals surface area contributed by atoms with Gasteiger partial charge < -0.3 is 10.6 Å². The number of hydrogen-bond acceptors (Lipinski definition) is 5. The molecule has 13 heavy (non-hydrogen) atoms. The van der Waals surface area contributed by atoms with Gasteiger partial charge in [0.1, 0.15) is 0 Å². The molecule has 0 amide bonds. The second-order valence-electron chi connectivity index (χ2n) is 3.62. The van der Waals surface area contributed by atoms with E-state index < -0.39 is 0 Å². The minimum absolute atomic E-state index is 0.0758. The first kappa shape index (κ1) is 8.77. The molecule has 2 aliphatic heterocycles. The van der Waals surface area contributed by atoms with E-state index in [-0.39, 0.29) is 12.3 Å². The van der Waals surface area contributed by atoms with E-state index in [0.717, 1.165) is 31.9 Å². The van der Waals surface area contributed by atoms with Crippen molar-refractivity contribution in [2.24, 2.45) is 10.7 Å². The van der Waals surface area contributed by atoms with E-state index >= 15 is 0 Å². The number of nitrogens with one attached hydrogen (secondary N) is 1. The molecule has 0 aromatic carbocycles. The summed E-state index contributed by atoms with van der Waals surface area (Å²) in [7, 11) is 0. The Kier molecular flexibility index (Phi) is 2.37.